The van der Waals surface area contributed by atoms with E-state index in [0.29, 0.717) is 12.0 Å². The lowest BCUT2D eigenvalue weighted by atomic mass is 9.96. The van der Waals surface area contributed by atoms with Gasteiger partial charge in [-0.2, -0.15) is 0 Å². The summed E-state index contributed by atoms with van der Waals surface area (Å²) in [6.07, 6.45) is 3.81. The van der Waals surface area contributed by atoms with Crippen molar-refractivity contribution in [1.82, 2.24) is 5.43 Å². The number of hydrogen-bond acceptors (Lipinski definition) is 3. The number of ether oxygens (including phenoxy) is 1. The van der Waals surface area contributed by atoms with E-state index < -0.39 is 0 Å². The average Bonchev–Trinajstić information content (AvgIpc) is 2.10. The van der Waals surface area contributed by atoms with Gasteiger partial charge in [-0.1, -0.05) is 13.0 Å². The van der Waals surface area contributed by atoms with Gasteiger partial charge in [0.1, 0.15) is 0 Å². The third-order valence-corrected chi connectivity index (χ3v) is 2.10. The second kappa shape index (κ2) is 7.28. The maximum absolute atomic E-state index is 5.39. The molecule has 12 heavy (non-hydrogen) atoms. The normalized spacial score (nSPS) is 15.6. The second-order valence-corrected chi connectivity index (χ2v) is 3.06. The standard InChI is InChI=1S/C9H20N2O/c1-4-5-9(11-10)8(2)6-7-12-3/h4,8-9,11H,1,5-7,10H2,2-3H3. The summed E-state index contributed by atoms with van der Waals surface area (Å²) in [7, 11) is 1.71. The van der Waals surface area contributed by atoms with E-state index in [2.05, 4.69) is 18.9 Å². The van der Waals surface area contributed by atoms with Crippen LogP contribution in [0, 0.1) is 5.92 Å². The fourth-order valence-corrected chi connectivity index (χ4v) is 1.15. The number of rotatable bonds is 7. The predicted octanol–water partition coefficient (Wildman–Crippen LogP) is 1.07. The van der Waals surface area contributed by atoms with Crippen molar-refractivity contribution in [2.75, 3.05) is 13.7 Å². The van der Waals surface area contributed by atoms with Gasteiger partial charge in [0.05, 0.1) is 0 Å². The number of nitrogens with two attached hydrogens (primary N) is 1. The number of methoxy groups -OCH3 is 1. The van der Waals surface area contributed by atoms with Crippen LogP contribution in [0.25, 0.3) is 0 Å². The minimum atomic E-state index is 0.317. The largest absolute Gasteiger partial charge is 0.385 e. The molecule has 0 fully saturated rings. The zero-order valence-corrected chi connectivity index (χ0v) is 8.05. The Bertz CT molecular complexity index is 117. The highest BCUT2D eigenvalue weighted by Crippen LogP contribution is 2.10. The highest BCUT2D eigenvalue weighted by molar-refractivity contribution is 4.80. The van der Waals surface area contributed by atoms with Gasteiger partial charge >= 0.3 is 0 Å². The SMILES string of the molecule is C=CCC(NN)C(C)CCOC. The Kier molecular flexibility index (Phi) is 7.05. The van der Waals surface area contributed by atoms with Gasteiger partial charge < -0.3 is 4.74 Å². The molecule has 0 aromatic heterocycles. The summed E-state index contributed by atoms with van der Waals surface area (Å²) in [4.78, 5) is 0. The van der Waals surface area contributed by atoms with E-state index in [1.807, 2.05) is 6.08 Å². The topological polar surface area (TPSA) is 47.3 Å². The van der Waals surface area contributed by atoms with E-state index in [-0.39, 0.29) is 0 Å². The van der Waals surface area contributed by atoms with E-state index in [1.54, 1.807) is 7.11 Å². The fraction of sp³-hybridized carbons (Fsp3) is 0.778. The van der Waals surface area contributed by atoms with E-state index in [9.17, 15) is 0 Å². The maximum Gasteiger partial charge on any atom is 0.0465 e. The number of hydrazine groups is 1. The Morgan fingerprint density at radius 2 is 2.33 bits per heavy atom. The summed E-state index contributed by atoms with van der Waals surface area (Å²) in [5, 5.41) is 0. The van der Waals surface area contributed by atoms with E-state index >= 15 is 0 Å². The third-order valence-electron chi connectivity index (χ3n) is 2.10. The summed E-state index contributed by atoms with van der Waals surface area (Å²) < 4.78 is 4.99. The zero-order chi connectivity index (χ0) is 9.40. The van der Waals surface area contributed by atoms with Gasteiger partial charge in [-0.05, 0) is 18.8 Å². The molecule has 0 aliphatic carbocycles. The minimum absolute atomic E-state index is 0.317. The fourth-order valence-electron chi connectivity index (χ4n) is 1.15. The molecule has 0 aromatic carbocycles. The molecule has 0 aliphatic heterocycles. The molecule has 0 heterocycles. The molecule has 0 rings (SSSR count). The minimum Gasteiger partial charge on any atom is -0.385 e. The van der Waals surface area contributed by atoms with Crippen LogP contribution in [0.4, 0.5) is 0 Å². The van der Waals surface area contributed by atoms with Gasteiger partial charge in [0.15, 0.2) is 0 Å². The molecule has 0 aliphatic rings. The Morgan fingerprint density at radius 1 is 1.67 bits per heavy atom. The lowest BCUT2D eigenvalue weighted by molar-refractivity contribution is 0.170. The summed E-state index contributed by atoms with van der Waals surface area (Å²) in [6, 6.07) is 0.317. The molecule has 0 amide bonds. The Balaban J connectivity index is 3.67. The van der Waals surface area contributed by atoms with Gasteiger partial charge in [0.25, 0.3) is 0 Å². The van der Waals surface area contributed by atoms with Crippen molar-refractivity contribution < 1.29 is 4.74 Å². The van der Waals surface area contributed by atoms with Crippen LogP contribution in [0.5, 0.6) is 0 Å². The van der Waals surface area contributed by atoms with Crippen LogP contribution in [0.2, 0.25) is 0 Å². The van der Waals surface area contributed by atoms with Crippen molar-refractivity contribution in [3.63, 3.8) is 0 Å². The molecule has 0 radical (unpaired) electrons. The molecule has 2 unspecified atom stereocenters. The molecule has 0 saturated carbocycles. The highest BCUT2D eigenvalue weighted by Gasteiger charge is 2.13. The van der Waals surface area contributed by atoms with Crippen LogP contribution < -0.4 is 11.3 Å². The molecular formula is C9H20N2O. The first-order valence-electron chi connectivity index (χ1n) is 4.32. The average molecular weight is 172 g/mol. The molecule has 0 spiro atoms. The Morgan fingerprint density at radius 3 is 2.75 bits per heavy atom. The first-order valence-corrected chi connectivity index (χ1v) is 4.32. The molecule has 0 saturated heterocycles. The summed E-state index contributed by atoms with van der Waals surface area (Å²) in [5.41, 5.74) is 2.78. The van der Waals surface area contributed by atoms with Crippen LogP contribution in [0.1, 0.15) is 19.8 Å². The Labute approximate surface area is 74.9 Å². The van der Waals surface area contributed by atoms with Crippen LogP contribution >= 0.6 is 0 Å². The smallest absolute Gasteiger partial charge is 0.0465 e. The quantitative estimate of drug-likeness (QED) is 0.343. The van der Waals surface area contributed by atoms with Crippen LogP contribution in [-0.4, -0.2) is 19.8 Å². The molecule has 72 valence electrons. The predicted molar refractivity (Wildman–Crippen MR) is 51.6 cm³/mol. The number of hydrogen-bond donors (Lipinski definition) is 2. The van der Waals surface area contributed by atoms with Crippen molar-refractivity contribution in [3.8, 4) is 0 Å². The number of nitrogens with one attached hydrogen (secondary N) is 1. The monoisotopic (exact) mass is 172 g/mol. The van der Waals surface area contributed by atoms with Crippen molar-refractivity contribution in [3.05, 3.63) is 12.7 Å². The van der Waals surface area contributed by atoms with Gasteiger partial charge in [-0.15, -0.1) is 6.58 Å². The van der Waals surface area contributed by atoms with Crippen molar-refractivity contribution in [2.45, 2.75) is 25.8 Å². The van der Waals surface area contributed by atoms with Crippen LogP contribution in [0.3, 0.4) is 0 Å². The third kappa shape index (κ3) is 4.49. The van der Waals surface area contributed by atoms with Crippen LogP contribution in [0.15, 0.2) is 12.7 Å². The van der Waals surface area contributed by atoms with Gasteiger partial charge in [0.2, 0.25) is 0 Å². The second-order valence-electron chi connectivity index (χ2n) is 3.06. The highest BCUT2D eigenvalue weighted by atomic mass is 16.5. The van der Waals surface area contributed by atoms with Gasteiger partial charge in [0, 0.05) is 19.8 Å². The summed E-state index contributed by atoms with van der Waals surface area (Å²) in [5.74, 6) is 5.91. The van der Waals surface area contributed by atoms with Gasteiger partial charge in [-0.3, -0.25) is 11.3 Å². The van der Waals surface area contributed by atoms with E-state index in [4.69, 9.17) is 10.6 Å². The van der Waals surface area contributed by atoms with Crippen LogP contribution in [-0.2, 0) is 4.74 Å². The maximum atomic E-state index is 5.39. The molecule has 3 N–H and O–H groups in total. The zero-order valence-electron chi connectivity index (χ0n) is 8.05. The van der Waals surface area contributed by atoms with E-state index in [1.165, 1.54) is 0 Å². The molecule has 0 aromatic rings. The molecule has 3 heteroatoms. The summed E-state index contributed by atoms with van der Waals surface area (Å²) >= 11 is 0. The first-order chi connectivity index (χ1) is 5.76. The summed E-state index contributed by atoms with van der Waals surface area (Å²) in [6.45, 7) is 6.63. The van der Waals surface area contributed by atoms with Crippen molar-refractivity contribution in [2.24, 2.45) is 11.8 Å². The lowest BCUT2D eigenvalue weighted by Gasteiger charge is -2.21. The van der Waals surface area contributed by atoms with E-state index in [0.717, 1.165) is 19.4 Å². The lowest BCUT2D eigenvalue weighted by Crippen LogP contribution is -2.39. The molecule has 2 atom stereocenters. The first kappa shape index (κ1) is 11.6. The molecule has 0 bridgehead atoms. The molecule has 3 nitrogen and oxygen atoms in total. The molecular weight excluding hydrogens is 152 g/mol. The Hall–Kier alpha value is -0.380. The van der Waals surface area contributed by atoms with Crippen molar-refractivity contribution in [1.29, 1.82) is 0 Å². The van der Waals surface area contributed by atoms with Crippen molar-refractivity contribution >= 4 is 0 Å². The van der Waals surface area contributed by atoms with Gasteiger partial charge in [-0.25, -0.2) is 0 Å².